The Morgan fingerprint density at radius 1 is 1.21 bits per heavy atom. The summed E-state index contributed by atoms with van der Waals surface area (Å²) < 4.78 is 32.9. The summed E-state index contributed by atoms with van der Waals surface area (Å²) in [5, 5.41) is 11.5. The highest BCUT2D eigenvalue weighted by molar-refractivity contribution is 6.31. The van der Waals surface area contributed by atoms with E-state index in [0.29, 0.717) is 40.5 Å². The lowest BCUT2D eigenvalue weighted by molar-refractivity contribution is -0.803. The lowest BCUT2D eigenvalue weighted by Gasteiger charge is -2.21. The van der Waals surface area contributed by atoms with Crippen LogP contribution in [0.25, 0.3) is 11.1 Å². The molecular weight excluding hydrogens is 509 g/mol. The van der Waals surface area contributed by atoms with Crippen molar-refractivity contribution in [2.45, 2.75) is 63.7 Å². The molecule has 2 heterocycles. The van der Waals surface area contributed by atoms with Crippen molar-refractivity contribution in [2.75, 3.05) is 13.7 Å². The summed E-state index contributed by atoms with van der Waals surface area (Å²) >= 11 is 6.08. The number of carbonyl (C=O) groups is 1. The molecule has 2 aliphatic rings. The topological polar surface area (TPSA) is 68.9 Å². The number of methoxy groups -OCH3 is 1. The third-order valence-electron chi connectivity index (χ3n) is 7.25. The molecule has 1 N–H and O–H groups in total. The van der Waals surface area contributed by atoms with Gasteiger partial charge in [-0.1, -0.05) is 31.5 Å². The molecular formula is C30H32ClFNO5+. The van der Waals surface area contributed by atoms with Crippen LogP contribution in [0.3, 0.4) is 0 Å². The quantitative estimate of drug-likeness (QED) is 0.267. The molecule has 1 aliphatic carbocycles. The Bertz CT molecular complexity index is 1400. The highest BCUT2D eigenvalue weighted by atomic mass is 35.5. The second-order valence-corrected chi connectivity index (χ2v) is 11.4. The minimum atomic E-state index is -1.39. The Balaban J connectivity index is 1.41. The van der Waals surface area contributed by atoms with Gasteiger partial charge in [-0.05, 0) is 48.7 Å². The van der Waals surface area contributed by atoms with Gasteiger partial charge in [0.15, 0.2) is 29.7 Å². The van der Waals surface area contributed by atoms with Crippen molar-refractivity contribution in [1.82, 2.24) is 0 Å². The second-order valence-electron chi connectivity index (χ2n) is 10.9. The summed E-state index contributed by atoms with van der Waals surface area (Å²) in [6, 6.07) is 9.68. The van der Waals surface area contributed by atoms with E-state index in [2.05, 4.69) is 13.8 Å². The summed E-state index contributed by atoms with van der Waals surface area (Å²) in [5.74, 6) is 1.21. The number of aliphatic hydroxyl groups is 1. The van der Waals surface area contributed by atoms with Crippen LogP contribution >= 0.6 is 11.6 Å². The average molecular weight is 541 g/mol. The number of aromatic nitrogens is 1. The van der Waals surface area contributed by atoms with E-state index in [9.17, 15) is 14.3 Å². The average Bonchev–Trinajstić information content (AvgIpc) is 3.65. The van der Waals surface area contributed by atoms with Crippen LogP contribution in [0.4, 0.5) is 4.39 Å². The van der Waals surface area contributed by atoms with Crippen LogP contribution in [-0.4, -0.2) is 30.7 Å². The molecule has 0 radical (unpaired) electrons. The molecule has 1 saturated carbocycles. The molecule has 1 aromatic heterocycles. The molecule has 3 aromatic rings. The molecule has 2 aromatic carbocycles. The fraction of sp³-hybridized carbons (Fsp3) is 0.400. The van der Waals surface area contributed by atoms with E-state index in [4.69, 9.17) is 25.8 Å². The molecule has 8 heteroatoms. The SMILES string of the molecule is COc1cc(C(=O)CCC(C)(O)[n+]2cc(-c3ccc(F)c(Cl)c3)c3c(c2)C(C)(C)CO3)ccc1OC1CC1. The summed E-state index contributed by atoms with van der Waals surface area (Å²) in [5.41, 5.74) is 1.09. The van der Waals surface area contributed by atoms with E-state index in [1.165, 1.54) is 6.07 Å². The van der Waals surface area contributed by atoms with E-state index in [0.717, 1.165) is 18.4 Å². The van der Waals surface area contributed by atoms with Gasteiger partial charge in [-0.25, -0.2) is 4.39 Å². The van der Waals surface area contributed by atoms with Crippen LogP contribution in [0, 0.1) is 5.82 Å². The van der Waals surface area contributed by atoms with Gasteiger partial charge in [-0.15, -0.1) is 0 Å². The van der Waals surface area contributed by atoms with Crippen molar-refractivity contribution in [3.63, 3.8) is 0 Å². The largest absolute Gasteiger partial charge is 0.493 e. The Labute approximate surface area is 226 Å². The Hall–Kier alpha value is -3.16. The van der Waals surface area contributed by atoms with Crippen molar-refractivity contribution >= 4 is 17.4 Å². The number of halogens is 2. The minimum absolute atomic E-state index is 0.00486. The highest BCUT2D eigenvalue weighted by Gasteiger charge is 2.41. The van der Waals surface area contributed by atoms with Crippen LogP contribution in [0.15, 0.2) is 48.8 Å². The first kappa shape index (κ1) is 26.4. The first-order valence-electron chi connectivity index (χ1n) is 12.8. The minimum Gasteiger partial charge on any atom is -0.493 e. The van der Waals surface area contributed by atoms with Gasteiger partial charge in [-0.2, -0.15) is 4.57 Å². The van der Waals surface area contributed by atoms with Gasteiger partial charge in [-0.3, -0.25) is 4.79 Å². The molecule has 6 nitrogen and oxygen atoms in total. The second kappa shape index (κ2) is 9.86. The number of fused-ring (bicyclic) bond motifs is 1. The van der Waals surface area contributed by atoms with Gasteiger partial charge in [0, 0.05) is 30.7 Å². The Morgan fingerprint density at radius 3 is 2.66 bits per heavy atom. The zero-order chi connectivity index (χ0) is 27.2. The van der Waals surface area contributed by atoms with Gasteiger partial charge >= 0.3 is 0 Å². The third kappa shape index (κ3) is 5.22. The monoisotopic (exact) mass is 540 g/mol. The van der Waals surface area contributed by atoms with E-state index in [1.54, 1.807) is 55.1 Å². The van der Waals surface area contributed by atoms with Crippen LogP contribution in [0.2, 0.25) is 5.02 Å². The summed E-state index contributed by atoms with van der Waals surface area (Å²) in [6.45, 7) is 6.26. The first-order chi connectivity index (χ1) is 18.0. The number of pyridine rings is 1. The number of hydrogen-bond acceptors (Lipinski definition) is 5. The maximum Gasteiger partial charge on any atom is 0.267 e. The van der Waals surface area contributed by atoms with Crippen molar-refractivity contribution in [1.29, 1.82) is 0 Å². The first-order valence-corrected chi connectivity index (χ1v) is 13.1. The summed E-state index contributed by atoms with van der Waals surface area (Å²) in [6.07, 6.45) is 6.19. The molecule has 0 amide bonds. The lowest BCUT2D eigenvalue weighted by atomic mass is 9.86. The number of ketones is 1. The number of Topliss-reactive ketones (excluding diaryl/α,β-unsaturated/α-hetero) is 1. The molecule has 200 valence electrons. The van der Waals surface area contributed by atoms with Crippen molar-refractivity contribution in [3.8, 4) is 28.4 Å². The van der Waals surface area contributed by atoms with Crippen LogP contribution in [0.5, 0.6) is 17.2 Å². The predicted octanol–water partition coefficient (Wildman–Crippen LogP) is 5.98. The fourth-order valence-corrected chi connectivity index (χ4v) is 4.80. The lowest BCUT2D eigenvalue weighted by Crippen LogP contribution is -2.54. The molecule has 1 atom stereocenters. The maximum atomic E-state index is 13.9. The molecule has 1 aliphatic heterocycles. The Kier molecular flexibility index (Phi) is 6.86. The number of rotatable bonds is 9. The zero-order valence-corrected chi connectivity index (χ0v) is 22.8. The molecule has 0 saturated heterocycles. The van der Waals surface area contributed by atoms with Gasteiger partial charge < -0.3 is 19.3 Å². The van der Waals surface area contributed by atoms with E-state index in [1.807, 2.05) is 6.20 Å². The summed E-state index contributed by atoms with van der Waals surface area (Å²) in [4.78, 5) is 13.1. The molecule has 1 fully saturated rings. The zero-order valence-electron chi connectivity index (χ0n) is 22.0. The van der Waals surface area contributed by atoms with E-state index in [-0.39, 0.29) is 35.2 Å². The number of hydrogen-bond donors (Lipinski definition) is 1. The Morgan fingerprint density at radius 2 is 1.97 bits per heavy atom. The van der Waals surface area contributed by atoms with Crippen molar-refractivity contribution in [3.05, 3.63) is 70.8 Å². The number of ether oxygens (including phenoxy) is 3. The smallest absolute Gasteiger partial charge is 0.267 e. The maximum absolute atomic E-state index is 13.9. The molecule has 0 spiro atoms. The van der Waals surface area contributed by atoms with Gasteiger partial charge in [0.25, 0.3) is 5.72 Å². The normalized spacial score (nSPS) is 17.3. The molecule has 0 bridgehead atoms. The third-order valence-corrected chi connectivity index (χ3v) is 7.54. The van der Waals surface area contributed by atoms with Crippen LogP contribution in [0.1, 0.15) is 62.4 Å². The fourth-order valence-electron chi connectivity index (χ4n) is 4.62. The molecule has 1 unspecified atom stereocenters. The number of benzene rings is 2. The van der Waals surface area contributed by atoms with Crippen molar-refractivity contribution in [2.24, 2.45) is 0 Å². The number of carbonyl (C=O) groups excluding carboxylic acids is 1. The van der Waals surface area contributed by atoms with Gasteiger partial charge in [0.2, 0.25) is 0 Å². The van der Waals surface area contributed by atoms with Crippen LogP contribution in [-0.2, 0) is 11.1 Å². The van der Waals surface area contributed by atoms with Crippen molar-refractivity contribution < 1.29 is 33.1 Å². The van der Waals surface area contributed by atoms with Gasteiger partial charge in [0.1, 0.15) is 11.6 Å². The predicted molar refractivity (Wildman–Crippen MR) is 142 cm³/mol. The van der Waals surface area contributed by atoms with Gasteiger partial charge in [0.05, 0.1) is 36.0 Å². The van der Waals surface area contributed by atoms with E-state index >= 15 is 0 Å². The standard InChI is InChI=1S/C30H32ClFNO5/c1-29(2)17-37-28-21(18-5-9-24(32)23(31)13-18)15-33(16-22(28)29)30(3,35)12-11-25(34)19-6-10-26(27(14-19)36-4)38-20-7-8-20/h5-6,9-10,13-16,20,35H,7-8,11-12,17H2,1-4H3/q+1. The highest BCUT2D eigenvalue weighted by Crippen LogP contribution is 2.44. The molecule has 38 heavy (non-hydrogen) atoms. The summed E-state index contributed by atoms with van der Waals surface area (Å²) in [7, 11) is 1.55. The van der Waals surface area contributed by atoms with Crippen LogP contribution < -0.4 is 18.8 Å². The molecule has 5 rings (SSSR count). The number of nitrogens with zero attached hydrogens (tertiary/aromatic N) is 1. The van der Waals surface area contributed by atoms with E-state index < -0.39 is 11.5 Å².